The van der Waals surface area contributed by atoms with Gasteiger partial charge in [0.05, 0.1) is 6.54 Å². The monoisotopic (exact) mass is 374 g/mol. The van der Waals surface area contributed by atoms with Crippen LogP contribution in [0.2, 0.25) is 5.15 Å². The molecule has 1 fully saturated rings. The summed E-state index contributed by atoms with van der Waals surface area (Å²) in [5.74, 6) is 0.613. The highest BCUT2D eigenvalue weighted by molar-refractivity contribution is 6.29. The molecule has 2 aromatic rings. The first kappa shape index (κ1) is 18.6. The van der Waals surface area contributed by atoms with Crippen LogP contribution in [-0.4, -0.2) is 30.6 Å². The molecule has 1 aliphatic rings. The highest BCUT2D eigenvalue weighted by Crippen LogP contribution is 2.48. The molecule has 0 unspecified atom stereocenters. The van der Waals surface area contributed by atoms with Crippen molar-refractivity contribution in [2.75, 3.05) is 19.6 Å². The average molecular weight is 375 g/mol. The highest BCUT2D eigenvalue weighted by atomic mass is 35.5. The molecule has 4 nitrogen and oxygen atoms in total. The van der Waals surface area contributed by atoms with Crippen LogP contribution in [0.15, 0.2) is 47.6 Å². The van der Waals surface area contributed by atoms with Crippen molar-refractivity contribution in [3.63, 3.8) is 0 Å². The molecule has 0 spiro atoms. The lowest BCUT2D eigenvalue weighted by molar-refractivity contribution is 0.623. The molecule has 0 bridgehead atoms. The summed E-state index contributed by atoms with van der Waals surface area (Å²) in [6, 6.07) is 10.6. The number of hydrogen-bond acceptors (Lipinski definition) is 2. The van der Waals surface area contributed by atoms with Gasteiger partial charge in [-0.3, -0.25) is 4.99 Å². The lowest BCUT2D eigenvalue weighted by Gasteiger charge is -2.16. The third-order valence-electron chi connectivity index (χ3n) is 4.69. The van der Waals surface area contributed by atoms with Crippen LogP contribution >= 0.6 is 11.6 Å². The van der Waals surface area contributed by atoms with Crippen LogP contribution in [0, 0.1) is 5.82 Å². The molecule has 6 heteroatoms. The van der Waals surface area contributed by atoms with Crippen LogP contribution in [0.5, 0.6) is 0 Å². The second kappa shape index (κ2) is 8.49. The number of aromatic nitrogens is 1. The van der Waals surface area contributed by atoms with Gasteiger partial charge in [-0.25, -0.2) is 9.37 Å². The smallest absolute Gasteiger partial charge is 0.191 e. The molecule has 1 aromatic carbocycles. The molecule has 3 rings (SSSR count). The first-order chi connectivity index (χ1) is 12.6. The lowest BCUT2D eigenvalue weighted by Crippen LogP contribution is -2.39. The van der Waals surface area contributed by atoms with Crippen molar-refractivity contribution in [1.82, 2.24) is 15.6 Å². The average Bonchev–Trinajstić information content (AvgIpc) is 3.43. The number of benzene rings is 1. The van der Waals surface area contributed by atoms with Gasteiger partial charge < -0.3 is 10.6 Å². The number of nitrogens with one attached hydrogen (secondary N) is 2. The molecule has 1 saturated carbocycles. The fourth-order valence-electron chi connectivity index (χ4n) is 2.94. The van der Waals surface area contributed by atoms with Crippen molar-refractivity contribution in [1.29, 1.82) is 0 Å². The van der Waals surface area contributed by atoms with Gasteiger partial charge in [-0.1, -0.05) is 29.8 Å². The van der Waals surface area contributed by atoms with E-state index in [1.165, 1.54) is 17.7 Å². The van der Waals surface area contributed by atoms with Crippen LogP contribution in [0.1, 0.15) is 30.9 Å². The maximum atomic E-state index is 13.2. The van der Waals surface area contributed by atoms with E-state index in [1.54, 1.807) is 12.3 Å². The van der Waals surface area contributed by atoms with Crippen molar-refractivity contribution in [2.24, 2.45) is 4.99 Å². The minimum Gasteiger partial charge on any atom is -0.357 e. The van der Waals surface area contributed by atoms with Crippen LogP contribution in [0.4, 0.5) is 4.39 Å². The molecular weight excluding hydrogens is 351 g/mol. The Morgan fingerprint density at radius 3 is 2.58 bits per heavy atom. The van der Waals surface area contributed by atoms with Crippen molar-refractivity contribution in [3.05, 3.63) is 64.7 Å². The second-order valence-electron chi connectivity index (χ2n) is 6.65. The van der Waals surface area contributed by atoms with Crippen molar-refractivity contribution in [3.8, 4) is 0 Å². The number of halogens is 2. The summed E-state index contributed by atoms with van der Waals surface area (Å²) in [6.07, 6.45) is 4.83. The summed E-state index contributed by atoms with van der Waals surface area (Å²) in [5.41, 5.74) is 2.37. The maximum Gasteiger partial charge on any atom is 0.191 e. The molecule has 26 heavy (non-hydrogen) atoms. The summed E-state index contributed by atoms with van der Waals surface area (Å²) in [7, 11) is 0. The largest absolute Gasteiger partial charge is 0.357 e. The predicted molar refractivity (Wildman–Crippen MR) is 104 cm³/mol. The minimum atomic E-state index is -0.195. The SMILES string of the molecule is CCNC(=NCC1(c2ccc(F)cc2)CC1)NCCc1ccc(Cl)nc1. The summed E-state index contributed by atoms with van der Waals surface area (Å²) in [4.78, 5) is 8.85. The van der Waals surface area contributed by atoms with E-state index in [-0.39, 0.29) is 11.2 Å². The Morgan fingerprint density at radius 2 is 1.96 bits per heavy atom. The number of nitrogens with zero attached hydrogens (tertiary/aromatic N) is 2. The number of hydrogen-bond donors (Lipinski definition) is 2. The van der Waals surface area contributed by atoms with Crippen molar-refractivity contribution >= 4 is 17.6 Å². The van der Waals surface area contributed by atoms with Crippen LogP contribution in [0.3, 0.4) is 0 Å². The fourth-order valence-corrected chi connectivity index (χ4v) is 3.06. The van der Waals surface area contributed by atoms with E-state index >= 15 is 0 Å². The van der Waals surface area contributed by atoms with Crippen molar-refractivity contribution in [2.45, 2.75) is 31.6 Å². The Hall–Kier alpha value is -2.14. The summed E-state index contributed by atoms with van der Waals surface area (Å²) in [6.45, 7) is 4.32. The number of rotatable bonds is 7. The molecule has 0 amide bonds. The summed E-state index contributed by atoms with van der Waals surface area (Å²) in [5, 5.41) is 7.15. The normalized spacial score (nSPS) is 15.6. The lowest BCUT2D eigenvalue weighted by atomic mass is 9.96. The standard InChI is InChI=1S/C20H24ClFN4/c1-2-23-19(24-12-9-15-3-8-18(21)25-13-15)26-14-20(10-11-20)16-4-6-17(22)7-5-16/h3-8,13H,2,9-12,14H2,1H3,(H2,23,24,26). The van der Waals surface area contributed by atoms with Crippen LogP contribution < -0.4 is 10.6 Å². The zero-order chi connectivity index (χ0) is 18.4. The molecular formula is C20H24ClFN4. The molecule has 0 atom stereocenters. The second-order valence-corrected chi connectivity index (χ2v) is 7.04. The molecule has 0 radical (unpaired) electrons. The number of pyridine rings is 1. The molecule has 1 aromatic heterocycles. The topological polar surface area (TPSA) is 49.3 Å². The van der Waals surface area contributed by atoms with Crippen LogP contribution in [-0.2, 0) is 11.8 Å². The zero-order valence-electron chi connectivity index (χ0n) is 14.9. The van der Waals surface area contributed by atoms with Gasteiger partial charge in [0.2, 0.25) is 0 Å². The Balaban J connectivity index is 1.56. The van der Waals surface area contributed by atoms with Gasteiger partial charge in [0.25, 0.3) is 0 Å². The third kappa shape index (κ3) is 4.94. The van der Waals surface area contributed by atoms with Crippen LogP contribution in [0.25, 0.3) is 0 Å². The zero-order valence-corrected chi connectivity index (χ0v) is 15.7. The summed E-state index contributed by atoms with van der Waals surface area (Å²) < 4.78 is 13.2. The van der Waals surface area contributed by atoms with Gasteiger partial charge in [0.15, 0.2) is 5.96 Å². The van der Waals surface area contributed by atoms with Crippen molar-refractivity contribution < 1.29 is 4.39 Å². The number of guanidine groups is 1. The van der Waals surface area contributed by atoms with Gasteiger partial charge in [0.1, 0.15) is 11.0 Å². The number of aliphatic imine (C=N–C) groups is 1. The van der Waals surface area contributed by atoms with Gasteiger partial charge in [-0.15, -0.1) is 0 Å². The van der Waals surface area contributed by atoms with E-state index in [4.69, 9.17) is 16.6 Å². The molecule has 2 N–H and O–H groups in total. The Bertz CT molecular complexity index is 739. The molecule has 0 aliphatic heterocycles. The van der Waals surface area contributed by atoms with E-state index < -0.39 is 0 Å². The van der Waals surface area contributed by atoms with Gasteiger partial charge in [-0.2, -0.15) is 0 Å². The van der Waals surface area contributed by atoms with E-state index in [0.717, 1.165) is 43.9 Å². The first-order valence-corrected chi connectivity index (χ1v) is 9.38. The van der Waals surface area contributed by atoms with E-state index in [1.807, 2.05) is 25.1 Å². The van der Waals surface area contributed by atoms with Gasteiger partial charge in [0, 0.05) is 24.7 Å². The molecule has 138 valence electrons. The third-order valence-corrected chi connectivity index (χ3v) is 4.91. The van der Waals surface area contributed by atoms with Gasteiger partial charge in [-0.05, 0) is 55.5 Å². The maximum absolute atomic E-state index is 13.2. The quantitative estimate of drug-likeness (QED) is 0.441. The highest BCUT2D eigenvalue weighted by Gasteiger charge is 2.44. The minimum absolute atomic E-state index is 0.0656. The molecule has 1 heterocycles. The Morgan fingerprint density at radius 1 is 1.19 bits per heavy atom. The summed E-state index contributed by atoms with van der Waals surface area (Å²) >= 11 is 5.81. The predicted octanol–water partition coefficient (Wildman–Crippen LogP) is 3.70. The van der Waals surface area contributed by atoms with E-state index in [9.17, 15) is 4.39 Å². The Kier molecular flexibility index (Phi) is 6.09. The van der Waals surface area contributed by atoms with E-state index in [2.05, 4.69) is 15.6 Å². The first-order valence-electron chi connectivity index (χ1n) is 9.00. The molecule has 1 aliphatic carbocycles. The fraction of sp³-hybridized carbons (Fsp3) is 0.400. The molecule has 0 saturated heterocycles. The van der Waals surface area contributed by atoms with E-state index in [0.29, 0.717) is 11.7 Å². The Labute approximate surface area is 158 Å². The van der Waals surface area contributed by atoms with Gasteiger partial charge >= 0.3 is 0 Å².